The molecule has 8 rings (SSSR count). The third kappa shape index (κ3) is 2.79. The van der Waals surface area contributed by atoms with Gasteiger partial charge in [0.05, 0.1) is 5.56 Å². The fourth-order valence-electron chi connectivity index (χ4n) is 6.70. The Hall–Kier alpha value is -2.08. The summed E-state index contributed by atoms with van der Waals surface area (Å²) in [6.45, 7) is 3.38. The molecule has 3 saturated carbocycles. The van der Waals surface area contributed by atoms with Gasteiger partial charge in [-0.1, -0.05) is 12.1 Å². The number of para-hydroxylation sites is 1. The first-order valence-electron chi connectivity index (χ1n) is 11.2. The molecule has 6 nitrogen and oxygen atoms in total. The van der Waals surface area contributed by atoms with Gasteiger partial charge >= 0.3 is 0 Å². The van der Waals surface area contributed by atoms with Gasteiger partial charge in [-0.15, -0.1) is 0 Å². The molecule has 4 aliphatic heterocycles. The van der Waals surface area contributed by atoms with Gasteiger partial charge in [0.2, 0.25) is 5.91 Å². The zero-order valence-corrected chi connectivity index (χ0v) is 16.7. The smallest absolute Gasteiger partial charge is 0.258 e. The lowest BCUT2D eigenvalue weighted by molar-refractivity contribution is -0.148. The first kappa shape index (κ1) is 17.8. The first-order valence-corrected chi connectivity index (χ1v) is 11.2. The summed E-state index contributed by atoms with van der Waals surface area (Å²) in [7, 11) is 0. The van der Waals surface area contributed by atoms with Crippen LogP contribution in [0.2, 0.25) is 0 Å². The third-order valence-corrected chi connectivity index (χ3v) is 8.29. The summed E-state index contributed by atoms with van der Waals surface area (Å²) < 4.78 is 6.41. The van der Waals surface area contributed by atoms with E-state index in [1.807, 2.05) is 24.3 Å². The monoisotopic (exact) mass is 395 g/mol. The van der Waals surface area contributed by atoms with Crippen LogP contribution in [-0.4, -0.2) is 48.1 Å². The molecule has 0 unspecified atom stereocenters. The van der Waals surface area contributed by atoms with E-state index in [0.29, 0.717) is 23.3 Å². The minimum Gasteiger partial charge on any atom is -0.467 e. The molecule has 154 valence electrons. The first-order chi connectivity index (χ1) is 14.1. The van der Waals surface area contributed by atoms with Crippen LogP contribution in [0.4, 0.5) is 0 Å². The van der Waals surface area contributed by atoms with E-state index >= 15 is 0 Å². The predicted octanol–water partition coefficient (Wildman–Crippen LogP) is 2.15. The number of nitrogens with zero attached hydrogens (tertiary/aromatic N) is 1. The van der Waals surface area contributed by atoms with Crippen LogP contribution in [0.3, 0.4) is 0 Å². The highest BCUT2D eigenvalue weighted by molar-refractivity contribution is 5.98. The van der Waals surface area contributed by atoms with E-state index in [1.165, 1.54) is 25.9 Å². The van der Waals surface area contributed by atoms with Crippen molar-refractivity contribution in [3.63, 3.8) is 0 Å². The molecule has 3 saturated heterocycles. The van der Waals surface area contributed by atoms with Crippen molar-refractivity contribution in [2.24, 2.45) is 23.7 Å². The zero-order chi connectivity index (χ0) is 19.6. The summed E-state index contributed by atoms with van der Waals surface area (Å²) in [5.41, 5.74) is -0.0305. The molecule has 1 aromatic carbocycles. The highest BCUT2D eigenvalue weighted by Crippen LogP contribution is 2.52. The summed E-state index contributed by atoms with van der Waals surface area (Å²) in [6.07, 6.45) is 6.02. The van der Waals surface area contributed by atoms with Crippen molar-refractivity contribution in [1.82, 2.24) is 15.5 Å². The molecule has 4 bridgehead atoms. The van der Waals surface area contributed by atoms with Crippen LogP contribution in [-0.2, 0) is 4.79 Å². The standard InChI is InChI=1S/C23H29N3O3/c27-21(24-19-13-26-9-7-14(19)8-10-26)18-11-16-6-5-15(18)12-23(16)25-22(28)17-3-1-2-4-20(17)29-23/h1-4,14-16,18-19H,5-13H2,(H,24,27)(H,25,28)/t15-,16+,18-,19+,23-/m1/s1. The second-order valence-corrected chi connectivity index (χ2v) is 9.78. The molecule has 7 aliphatic rings. The van der Waals surface area contributed by atoms with E-state index in [2.05, 4.69) is 15.5 Å². The van der Waals surface area contributed by atoms with Crippen molar-refractivity contribution in [1.29, 1.82) is 0 Å². The van der Waals surface area contributed by atoms with Gasteiger partial charge in [0.25, 0.3) is 5.91 Å². The lowest BCUT2D eigenvalue weighted by atomic mass is 9.59. The Morgan fingerprint density at radius 1 is 1.14 bits per heavy atom. The van der Waals surface area contributed by atoms with E-state index in [9.17, 15) is 9.59 Å². The van der Waals surface area contributed by atoms with E-state index < -0.39 is 5.72 Å². The maximum Gasteiger partial charge on any atom is 0.258 e. The van der Waals surface area contributed by atoms with Crippen LogP contribution in [0.1, 0.15) is 48.9 Å². The van der Waals surface area contributed by atoms with Gasteiger partial charge in [0.1, 0.15) is 5.75 Å². The second-order valence-electron chi connectivity index (χ2n) is 9.78. The van der Waals surface area contributed by atoms with Crippen LogP contribution in [0, 0.1) is 23.7 Å². The van der Waals surface area contributed by atoms with Crippen molar-refractivity contribution >= 4 is 11.8 Å². The number of hydrogen-bond donors (Lipinski definition) is 2. The number of hydrogen-bond acceptors (Lipinski definition) is 4. The Morgan fingerprint density at radius 2 is 1.97 bits per heavy atom. The fourth-order valence-corrected chi connectivity index (χ4v) is 6.70. The summed E-state index contributed by atoms with van der Waals surface area (Å²) in [5, 5.41) is 6.59. The van der Waals surface area contributed by atoms with E-state index in [0.717, 1.165) is 32.2 Å². The zero-order valence-electron chi connectivity index (χ0n) is 16.7. The number of amides is 2. The molecule has 0 radical (unpaired) electrons. The van der Waals surface area contributed by atoms with Gasteiger partial charge in [-0.25, -0.2) is 0 Å². The molecule has 1 spiro atoms. The maximum atomic E-state index is 13.2. The highest BCUT2D eigenvalue weighted by atomic mass is 16.5. The van der Waals surface area contributed by atoms with E-state index in [4.69, 9.17) is 4.74 Å². The molecular formula is C23H29N3O3. The molecular weight excluding hydrogens is 366 g/mol. The van der Waals surface area contributed by atoms with Crippen LogP contribution in [0.15, 0.2) is 24.3 Å². The van der Waals surface area contributed by atoms with Gasteiger partial charge in [-0.3, -0.25) is 9.59 Å². The Morgan fingerprint density at radius 3 is 2.69 bits per heavy atom. The van der Waals surface area contributed by atoms with Crippen molar-refractivity contribution in [2.45, 2.75) is 50.3 Å². The van der Waals surface area contributed by atoms with Gasteiger partial charge in [0, 0.05) is 30.8 Å². The van der Waals surface area contributed by atoms with Crippen LogP contribution in [0.25, 0.3) is 0 Å². The summed E-state index contributed by atoms with van der Waals surface area (Å²) in [4.78, 5) is 28.4. The largest absolute Gasteiger partial charge is 0.467 e. The van der Waals surface area contributed by atoms with Crippen molar-refractivity contribution < 1.29 is 14.3 Å². The topological polar surface area (TPSA) is 70.7 Å². The Labute approximate surface area is 171 Å². The molecule has 6 heteroatoms. The molecule has 4 heterocycles. The number of benzene rings is 1. The lowest BCUT2D eigenvalue weighted by Gasteiger charge is -2.55. The van der Waals surface area contributed by atoms with Crippen LogP contribution < -0.4 is 15.4 Å². The molecule has 2 N–H and O–H groups in total. The fraction of sp³-hybridized carbons (Fsp3) is 0.652. The van der Waals surface area contributed by atoms with Gasteiger partial charge in [0.15, 0.2) is 5.72 Å². The molecule has 2 amide bonds. The van der Waals surface area contributed by atoms with Crippen molar-refractivity contribution in [2.75, 3.05) is 19.6 Å². The quantitative estimate of drug-likeness (QED) is 0.805. The van der Waals surface area contributed by atoms with Gasteiger partial charge in [-0.2, -0.15) is 0 Å². The number of carbonyl (C=O) groups is 2. The average Bonchev–Trinajstić information content (AvgIpc) is 2.75. The predicted molar refractivity (Wildman–Crippen MR) is 107 cm³/mol. The summed E-state index contributed by atoms with van der Waals surface area (Å²) in [6, 6.07) is 7.79. The summed E-state index contributed by atoms with van der Waals surface area (Å²) >= 11 is 0. The second kappa shape index (κ2) is 6.46. The number of rotatable bonds is 2. The van der Waals surface area contributed by atoms with Crippen LogP contribution in [0.5, 0.6) is 5.75 Å². The van der Waals surface area contributed by atoms with Gasteiger partial charge in [-0.05, 0) is 69.2 Å². The molecule has 5 atom stereocenters. The maximum absolute atomic E-state index is 13.2. The number of fused-ring (bicyclic) bond motifs is 6. The molecule has 6 fully saturated rings. The SMILES string of the molecule is O=C1N[C@]2(C[C@H]3CC[C@H]2C[C@H]3C(=O)N[C@H]2CN3CCC2CC3)Oc2ccccc21. The van der Waals surface area contributed by atoms with Gasteiger partial charge < -0.3 is 20.3 Å². The minimum absolute atomic E-state index is 0.0484. The number of ether oxygens (including phenoxy) is 1. The Kier molecular flexibility index (Phi) is 3.95. The lowest BCUT2D eigenvalue weighted by Crippen LogP contribution is -2.67. The molecule has 1 aromatic rings. The number of carbonyl (C=O) groups excluding carboxylic acids is 2. The molecule has 3 aliphatic carbocycles. The average molecular weight is 396 g/mol. The third-order valence-electron chi connectivity index (χ3n) is 8.29. The van der Waals surface area contributed by atoms with E-state index in [1.54, 1.807) is 0 Å². The normalized spacial score (nSPS) is 42.1. The van der Waals surface area contributed by atoms with Crippen molar-refractivity contribution in [3.8, 4) is 5.75 Å². The Bertz CT molecular complexity index is 850. The number of piperidine rings is 3. The molecule has 0 aromatic heterocycles. The van der Waals surface area contributed by atoms with Crippen LogP contribution >= 0.6 is 0 Å². The summed E-state index contributed by atoms with van der Waals surface area (Å²) in [5.74, 6) is 2.01. The highest BCUT2D eigenvalue weighted by Gasteiger charge is 2.57. The minimum atomic E-state index is -0.638. The van der Waals surface area contributed by atoms with E-state index in [-0.39, 0.29) is 29.6 Å². The number of nitrogens with one attached hydrogen (secondary N) is 2. The van der Waals surface area contributed by atoms with Crippen molar-refractivity contribution in [3.05, 3.63) is 29.8 Å². The Balaban J connectivity index is 1.18. The molecule has 29 heavy (non-hydrogen) atoms.